The second kappa shape index (κ2) is 18.0. The van der Waals surface area contributed by atoms with Crippen LogP contribution in [0.4, 0.5) is 0 Å². The Labute approximate surface area is 236 Å². The van der Waals surface area contributed by atoms with Gasteiger partial charge in [0, 0.05) is 18.6 Å². The van der Waals surface area contributed by atoms with Crippen LogP contribution in [0.1, 0.15) is 76.1 Å². The molecule has 0 fully saturated rings. The summed E-state index contributed by atoms with van der Waals surface area (Å²) in [6.45, 7) is 16.9. The van der Waals surface area contributed by atoms with Gasteiger partial charge >= 0.3 is 0 Å². The van der Waals surface area contributed by atoms with Gasteiger partial charge in [0.05, 0.1) is 31.7 Å². The summed E-state index contributed by atoms with van der Waals surface area (Å²) in [6.07, 6.45) is 8.06. The van der Waals surface area contributed by atoms with Crippen molar-refractivity contribution in [1.82, 2.24) is 0 Å². The zero-order valence-corrected chi connectivity index (χ0v) is 24.8. The highest BCUT2D eigenvalue weighted by Gasteiger charge is 2.23. The second-order valence-electron chi connectivity index (χ2n) is 10.6. The number of hydrogen-bond acceptors (Lipinski definition) is 5. The van der Waals surface area contributed by atoms with Gasteiger partial charge in [-0.3, -0.25) is 0 Å². The molecule has 39 heavy (non-hydrogen) atoms. The molecule has 5 nitrogen and oxygen atoms in total. The average molecular weight is 539 g/mol. The van der Waals surface area contributed by atoms with Crippen LogP contribution in [-0.2, 0) is 37.2 Å². The summed E-state index contributed by atoms with van der Waals surface area (Å²) >= 11 is 0. The lowest BCUT2D eigenvalue weighted by atomic mass is 9.77. The number of unbranched alkanes of at least 4 members (excludes halogenated alkanes) is 2. The number of aliphatic hydroxyl groups excluding tert-OH is 1. The SMILES string of the molecule is C=C/C=C(\C)OC(C)OCCCCCOCCOC(C)Cc1ccc(C(C)(C)c2ccc(CCO)cc2)cc1. The van der Waals surface area contributed by atoms with Gasteiger partial charge in [-0.1, -0.05) is 75.0 Å². The van der Waals surface area contributed by atoms with E-state index < -0.39 is 0 Å². The van der Waals surface area contributed by atoms with Crippen LogP contribution in [0.5, 0.6) is 0 Å². The van der Waals surface area contributed by atoms with Gasteiger partial charge in [-0.05, 0) is 81.2 Å². The van der Waals surface area contributed by atoms with Crippen molar-refractivity contribution in [2.24, 2.45) is 0 Å². The molecule has 0 radical (unpaired) electrons. The van der Waals surface area contributed by atoms with Gasteiger partial charge in [-0.15, -0.1) is 0 Å². The van der Waals surface area contributed by atoms with Gasteiger partial charge in [0.1, 0.15) is 0 Å². The summed E-state index contributed by atoms with van der Waals surface area (Å²) in [7, 11) is 0. The van der Waals surface area contributed by atoms with E-state index in [1.807, 2.05) is 19.9 Å². The predicted molar refractivity (Wildman–Crippen MR) is 160 cm³/mol. The molecule has 0 amide bonds. The van der Waals surface area contributed by atoms with Gasteiger partial charge in [0.15, 0.2) is 6.29 Å². The van der Waals surface area contributed by atoms with Gasteiger partial charge < -0.3 is 24.1 Å². The number of allylic oxidation sites excluding steroid dienone is 3. The number of aliphatic hydroxyl groups is 1. The molecule has 0 aliphatic rings. The van der Waals surface area contributed by atoms with E-state index in [1.165, 1.54) is 16.7 Å². The minimum absolute atomic E-state index is 0.0857. The lowest BCUT2D eigenvalue weighted by molar-refractivity contribution is -0.104. The molecule has 0 aromatic heterocycles. The molecular formula is C34H50O5. The van der Waals surface area contributed by atoms with Crippen molar-refractivity contribution in [3.63, 3.8) is 0 Å². The first kappa shape index (κ1) is 32.8. The Hall–Kier alpha value is -2.44. The summed E-state index contributed by atoms with van der Waals surface area (Å²) in [5.74, 6) is 0.804. The Kier molecular flexibility index (Phi) is 15.1. The predicted octanol–water partition coefficient (Wildman–Crippen LogP) is 7.15. The molecule has 2 unspecified atom stereocenters. The Morgan fingerprint density at radius 3 is 2.08 bits per heavy atom. The summed E-state index contributed by atoms with van der Waals surface area (Å²) in [5, 5.41) is 9.15. The van der Waals surface area contributed by atoms with E-state index in [1.54, 1.807) is 6.08 Å². The van der Waals surface area contributed by atoms with Crippen LogP contribution in [0.2, 0.25) is 0 Å². The average Bonchev–Trinajstić information content (AvgIpc) is 2.90. The maximum atomic E-state index is 9.15. The van der Waals surface area contributed by atoms with Crippen molar-refractivity contribution in [2.45, 2.75) is 84.5 Å². The zero-order valence-electron chi connectivity index (χ0n) is 24.8. The first-order valence-electron chi connectivity index (χ1n) is 14.3. The smallest absolute Gasteiger partial charge is 0.196 e. The summed E-state index contributed by atoms with van der Waals surface area (Å²) < 4.78 is 23.0. The van der Waals surface area contributed by atoms with Crippen molar-refractivity contribution < 1.29 is 24.1 Å². The van der Waals surface area contributed by atoms with Crippen LogP contribution in [0.3, 0.4) is 0 Å². The van der Waals surface area contributed by atoms with Crippen LogP contribution >= 0.6 is 0 Å². The van der Waals surface area contributed by atoms with Crippen molar-refractivity contribution in [3.8, 4) is 0 Å². The molecule has 0 saturated carbocycles. The molecular weight excluding hydrogens is 488 g/mol. The highest BCUT2D eigenvalue weighted by atomic mass is 16.7. The van der Waals surface area contributed by atoms with E-state index in [4.69, 9.17) is 24.1 Å². The monoisotopic (exact) mass is 538 g/mol. The quantitative estimate of drug-likeness (QED) is 0.0840. The van der Waals surface area contributed by atoms with Crippen molar-refractivity contribution in [1.29, 1.82) is 0 Å². The standard InChI is InChI=1S/C34H50O5/c1-7-11-27(2)39-29(4)38-23-10-8-9-22-36-24-25-37-28(3)26-31-14-18-33(19-15-31)34(5,6)32-16-12-30(13-17-32)20-21-35/h7,11-19,28-29,35H,1,8-10,20-26H2,2-6H3/b27-11+. The zero-order chi connectivity index (χ0) is 28.5. The third-order valence-corrected chi connectivity index (χ3v) is 6.89. The fraction of sp³-hybridized carbons (Fsp3) is 0.529. The molecule has 0 saturated heterocycles. The second-order valence-corrected chi connectivity index (χ2v) is 10.6. The molecule has 0 bridgehead atoms. The minimum Gasteiger partial charge on any atom is -0.470 e. The molecule has 216 valence electrons. The Morgan fingerprint density at radius 2 is 1.46 bits per heavy atom. The van der Waals surface area contributed by atoms with Crippen LogP contribution < -0.4 is 0 Å². The highest BCUT2D eigenvalue weighted by Crippen LogP contribution is 2.32. The van der Waals surface area contributed by atoms with Gasteiger partial charge in [-0.25, -0.2) is 0 Å². The van der Waals surface area contributed by atoms with Crippen LogP contribution in [0.15, 0.2) is 73.0 Å². The first-order valence-corrected chi connectivity index (χ1v) is 14.3. The number of benzene rings is 2. The molecule has 0 aliphatic carbocycles. The number of rotatable bonds is 20. The Bertz CT molecular complexity index is 962. The van der Waals surface area contributed by atoms with Crippen molar-refractivity contribution in [2.75, 3.05) is 33.0 Å². The van der Waals surface area contributed by atoms with Gasteiger partial charge in [0.25, 0.3) is 0 Å². The summed E-state index contributed by atoms with van der Waals surface area (Å²) in [6, 6.07) is 17.5. The maximum absolute atomic E-state index is 9.15. The van der Waals surface area contributed by atoms with Crippen LogP contribution in [-0.4, -0.2) is 50.5 Å². The van der Waals surface area contributed by atoms with Crippen LogP contribution in [0.25, 0.3) is 0 Å². The normalized spacial score (nSPS) is 13.7. The van der Waals surface area contributed by atoms with E-state index in [0.29, 0.717) is 26.2 Å². The van der Waals surface area contributed by atoms with E-state index in [0.717, 1.165) is 43.6 Å². The molecule has 2 aromatic rings. The largest absolute Gasteiger partial charge is 0.470 e. The lowest BCUT2D eigenvalue weighted by Crippen LogP contribution is -2.19. The minimum atomic E-state index is -0.248. The number of hydrogen-bond donors (Lipinski definition) is 1. The third-order valence-electron chi connectivity index (χ3n) is 6.89. The van der Waals surface area contributed by atoms with Crippen molar-refractivity contribution in [3.05, 3.63) is 95.3 Å². The van der Waals surface area contributed by atoms with E-state index in [-0.39, 0.29) is 24.4 Å². The summed E-state index contributed by atoms with van der Waals surface area (Å²) in [5.41, 5.74) is 4.91. The highest BCUT2D eigenvalue weighted by molar-refractivity contribution is 5.39. The van der Waals surface area contributed by atoms with Gasteiger partial charge in [-0.2, -0.15) is 0 Å². The molecule has 2 aromatic carbocycles. The van der Waals surface area contributed by atoms with E-state index in [2.05, 4.69) is 75.9 Å². The van der Waals surface area contributed by atoms with Gasteiger partial charge in [0.2, 0.25) is 0 Å². The maximum Gasteiger partial charge on any atom is 0.196 e. The number of ether oxygens (including phenoxy) is 4. The lowest BCUT2D eigenvalue weighted by Gasteiger charge is -2.27. The van der Waals surface area contributed by atoms with Crippen LogP contribution in [0, 0.1) is 0 Å². The summed E-state index contributed by atoms with van der Waals surface area (Å²) in [4.78, 5) is 0. The molecule has 0 spiro atoms. The molecule has 2 rings (SSSR count). The fourth-order valence-corrected chi connectivity index (χ4v) is 4.48. The Balaban J connectivity index is 1.58. The first-order chi connectivity index (χ1) is 18.8. The third kappa shape index (κ3) is 12.5. The molecule has 1 N–H and O–H groups in total. The molecule has 2 atom stereocenters. The molecule has 0 aliphatic heterocycles. The van der Waals surface area contributed by atoms with E-state index in [9.17, 15) is 0 Å². The Morgan fingerprint density at radius 1 is 0.846 bits per heavy atom. The fourth-order valence-electron chi connectivity index (χ4n) is 4.48. The van der Waals surface area contributed by atoms with E-state index >= 15 is 0 Å². The molecule has 5 heteroatoms. The molecule has 0 heterocycles. The topological polar surface area (TPSA) is 57.2 Å². The van der Waals surface area contributed by atoms with Crippen molar-refractivity contribution >= 4 is 0 Å².